The van der Waals surface area contributed by atoms with Gasteiger partial charge in [0.1, 0.15) is 0 Å². The van der Waals surface area contributed by atoms with Crippen molar-refractivity contribution in [3.8, 4) is 0 Å². The van der Waals surface area contributed by atoms with Crippen molar-refractivity contribution in [2.75, 3.05) is 31.5 Å². The van der Waals surface area contributed by atoms with Crippen LogP contribution in [0.5, 0.6) is 0 Å². The maximum atomic E-state index is 12.5. The lowest BCUT2D eigenvalue weighted by Crippen LogP contribution is -2.47. The molecule has 0 bridgehead atoms. The average molecular weight is 358 g/mol. The zero-order chi connectivity index (χ0) is 18.4. The van der Waals surface area contributed by atoms with Crippen molar-refractivity contribution in [2.45, 2.75) is 19.0 Å². The maximum Gasteiger partial charge on any atom is 0.416 e. The van der Waals surface area contributed by atoms with E-state index in [-0.39, 0.29) is 24.1 Å². The van der Waals surface area contributed by atoms with E-state index < -0.39 is 17.8 Å². The van der Waals surface area contributed by atoms with E-state index in [1.807, 2.05) is 0 Å². The molecule has 1 unspecified atom stereocenters. The summed E-state index contributed by atoms with van der Waals surface area (Å²) in [5.41, 5.74) is 4.84. The summed E-state index contributed by atoms with van der Waals surface area (Å²) in [6.07, 6.45) is -3.05. The molecular formula is C16H21F3N4O2. The second-order valence-corrected chi connectivity index (χ2v) is 5.87. The fourth-order valence-electron chi connectivity index (χ4n) is 2.66. The Labute approximate surface area is 143 Å². The SMILES string of the molecule is NCCNC(=O)C1CCCN(C(=O)Nc2ccc(C(F)(F)F)cc2)C1. The zero-order valence-electron chi connectivity index (χ0n) is 13.6. The number of halogens is 3. The first kappa shape index (κ1) is 19.0. The molecule has 1 atom stereocenters. The summed E-state index contributed by atoms with van der Waals surface area (Å²) < 4.78 is 37.6. The molecule has 0 aliphatic carbocycles. The first-order valence-electron chi connectivity index (χ1n) is 8.02. The number of urea groups is 1. The van der Waals surface area contributed by atoms with Gasteiger partial charge in [-0.25, -0.2) is 4.79 Å². The maximum absolute atomic E-state index is 12.5. The standard InChI is InChI=1S/C16H21F3N4O2/c17-16(18,19)12-3-5-13(6-4-12)22-15(25)23-9-1-2-11(10-23)14(24)21-8-7-20/h3-6,11H,1-2,7-10,20H2,(H,21,24)(H,22,25). The molecule has 1 fully saturated rings. The number of anilines is 1. The van der Waals surface area contributed by atoms with Crippen LogP contribution in [-0.2, 0) is 11.0 Å². The third-order valence-corrected chi connectivity index (χ3v) is 3.99. The Hall–Kier alpha value is -2.29. The van der Waals surface area contributed by atoms with Crippen molar-refractivity contribution in [1.29, 1.82) is 0 Å². The molecule has 1 aromatic carbocycles. The summed E-state index contributed by atoms with van der Waals surface area (Å²) in [6, 6.07) is 3.80. The molecule has 25 heavy (non-hydrogen) atoms. The third kappa shape index (κ3) is 5.35. The number of carbonyl (C=O) groups excluding carboxylic acids is 2. The van der Waals surface area contributed by atoms with E-state index in [2.05, 4.69) is 10.6 Å². The number of nitrogens with two attached hydrogens (primary N) is 1. The number of amides is 3. The average Bonchev–Trinajstić information content (AvgIpc) is 2.59. The summed E-state index contributed by atoms with van der Waals surface area (Å²) in [7, 11) is 0. The minimum absolute atomic E-state index is 0.141. The first-order valence-corrected chi connectivity index (χ1v) is 8.02. The molecule has 3 amide bonds. The number of benzene rings is 1. The number of likely N-dealkylation sites (tertiary alicyclic amines) is 1. The van der Waals surface area contributed by atoms with Gasteiger partial charge in [-0.15, -0.1) is 0 Å². The van der Waals surface area contributed by atoms with Gasteiger partial charge in [-0.2, -0.15) is 13.2 Å². The van der Waals surface area contributed by atoms with E-state index in [4.69, 9.17) is 5.73 Å². The molecule has 1 saturated heterocycles. The largest absolute Gasteiger partial charge is 0.416 e. The number of rotatable bonds is 4. The van der Waals surface area contributed by atoms with Crippen molar-refractivity contribution < 1.29 is 22.8 Å². The predicted octanol–water partition coefficient (Wildman–Crippen LogP) is 2.02. The summed E-state index contributed by atoms with van der Waals surface area (Å²) in [5, 5.41) is 5.26. The van der Waals surface area contributed by atoms with Gasteiger partial charge >= 0.3 is 12.2 Å². The van der Waals surface area contributed by atoms with Crippen LogP contribution >= 0.6 is 0 Å². The van der Waals surface area contributed by atoms with Gasteiger partial charge in [0, 0.05) is 31.9 Å². The van der Waals surface area contributed by atoms with E-state index in [0.29, 0.717) is 32.5 Å². The fraction of sp³-hybridized carbons (Fsp3) is 0.500. The number of nitrogens with zero attached hydrogens (tertiary/aromatic N) is 1. The molecule has 138 valence electrons. The van der Waals surface area contributed by atoms with E-state index in [1.165, 1.54) is 17.0 Å². The molecule has 6 nitrogen and oxygen atoms in total. The van der Waals surface area contributed by atoms with E-state index in [0.717, 1.165) is 12.1 Å². The highest BCUT2D eigenvalue weighted by molar-refractivity contribution is 5.90. The molecule has 1 aliphatic rings. The Balaban J connectivity index is 1.92. The topological polar surface area (TPSA) is 87.5 Å². The molecule has 1 aromatic rings. The van der Waals surface area contributed by atoms with Crippen LogP contribution < -0.4 is 16.4 Å². The van der Waals surface area contributed by atoms with Gasteiger partial charge in [0.05, 0.1) is 11.5 Å². The highest BCUT2D eigenvalue weighted by atomic mass is 19.4. The normalized spacial score (nSPS) is 17.9. The Morgan fingerprint density at radius 2 is 1.92 bits per heavy atom. The quantitative estimate of drug-likeness (QED) is 0.770. The number of alkyl halides is 3. The van der Waals surface area contributed by atoms with Crippen molar-refractivity contribution >= 4 is 17.6 Å². The van der Waals surface area contributed by atoms with Crippen molar-refractivity contribution in [3.05, 3.63) is 29.8 Å². The van der Waals surface area contributed by atoms with Gasteiger partial charge in [-0.1, -0.05) is 0 Å². The summed E-state index contributed by atoms with van der Waals surface area (Å²) in [6.45, 7) is 1.49. The van der Waals surface area contributed by atoms with E-state index >= 15 is 0 Å². The van der Waals surface area contributed by atoms with Crippen LogP contribution in [0.25, 0.3) is 0 Å². The van der Waals surface area contributed by atoms with Gasteiger partial charge in [0.25, 0.3) is 0 Å². The molecule has 4 N–H and O–H groups in total. The second-order valence-electron chi connectivity index (χ2n) is 5.87. The Morgan fingerprint density at radius 3 is 2.52 bits per heavy atom. The van der Waals surface area contributed by atoms with Crippen molar-refractivity contribution in [2.24, 2.45) is 11.7 Å². The number of carbonyl (C=O) groups is 2. The summed E-state index contributed by atoms with van der Waals surface area (Å²) >= 11 is 0. The van der Waals surface area contributed by atoms with Crippen LogP contribution in [0.2, 0.25) is 0 Å². The smallest absolute Gasteiger partial charge is 0.355 e. The van der Waals surface area contributed by atoms with Crippen molar-refractivity contribution in [3.63, 3.8) is 0 Å². The number of piperidine rings is 1. The van der Waals surface area contributed by atoms with Gasteiger partial charge < -0.3 is 21.3 Å². The van der Waals surface area contributed by atoms with Gasteiger partial charge in [-0.05, 0) is 37.1 Å². The number of nitrogens with one attached hydrogen (secondary N) is 2. The number of hydrogen-bond acceptors (Lipinski definition) is 3. The fourth-order valence-corrected chi connectivity index (χ4v) is 2.66. The Bertz CT molecular complexity index is 604. The molecule has 0 spiro atoms. The van der Waals surface area contributed by atoms with Crippen LogP contribution in [0.4, 0.5) is 23.7 Å². The van der Waals surface area contributed by atoms with Crippen LogP contribution in [-0.4, -0.2) is 43.0 Å². The minimum Gasteiger partial charge on any atom is -0.355 e. The summed E-state index contributed by atoms with van der Waals surface area (Å²) in [5.74, 6) is -0.448. The third-order valence-electron chi connectivity index (χ3n) is 3.99. The first-order chi connectivity index (χ1) is 11.8. The van der Waals surface area contributed by atoms with Gasteiger partial charge in [0.2, 0.25) is 5.91 Å². The van der Waals surface area contributed by atoms with Gasteiger partial charge in [-0.3, -0.25) is 4.79 Å². The Morgan fingerprint density at radius 1 is 1.24 bits per heavy atom. The molecule has 0 saturated carbocycles. The van der Waals surface area contributed by atoms with Crippen molar-refractivity contribution in [1.82, 2.24) is 10.2 Å². The molecular weight excluding hydrogens is 337 g/mol. The molecule has 1 heterocycles. The molecule has 9 heteroatoms. The van der Waals surface area contributed by atoms with Crippen LogP contribution in [0, 0.1) is 5.92 Å². The molecule has 0 radical (unpaired) electrons. The summed E-state index contributed by atoms with van der Waals surface area (Å²) in [4.78, 5) is 25.7. The molecule has 0 aromatic heterocycles. The molecule has 2 rings (SSSR count). The monoisotopic (exact) mass is 358 g/mol. The second kappa shape index (κ2) is 8.19. The van der Waals surface area contributed by atoms with Crippen LogP contribution in [0.3, 0.4) is 0 Å². The van der Waals surface area contributed by atoms with Crippen LogP contribution in [0.15, 0.2) is 24.3 Å². The molecule has 1 aliphatic heterocycles. The Kier molecular flexibility index (Phi) is 6.24. The minimum atomic E-state index is -4.42. The lowest BCUT2D eigenvalue weighted by molar-refractivity contribution is -0.137. The van der Waals surface area contributed by atoms with Gasteiger partial charge in [0.15, 0.2) is 0 Å². The zero-order valence-corrected chi connectivity index (χ0v) is 13.6. The highest BCUT2D eigenvalue weighted by Crippen LogP contribution is 2.30. The lowest BCUT2D eigenvalue weighted by Gasteiger charge is -2.32. The van der Waals surface area contributed by atoms with Crippen LogP contribution in [0.1, 0.15) is 18.4 Å². The van der Waals surface area contributed by atoms with E-state index in [1.54, 1.807) is 0 Å². The predicted molar refractivity (Wildman–Crippen MR) is 86.8 cm³/mol. The van der Waals surface area contributed by atoms with E-state index in [9.17, 15) is 22.8 Å². The highest BCUT2D eigenvalue weighted by Gasteiger charge is 2.30. The lowest BCUT2D eigenvalue weighted by atomic mass is 9.97. The number of hydrogen-bond donors (Lipinski definition) is 3.